The van der Waals surface area contributed by atoms with Gasteiger partial charge in [-0.3, -0.25) is 9.59 Å². The van der Waals surface area contributed by atoms with Crippen LogP contribution in [0.25, 0.3) is 0 Å². The number of terminal acetylenes is 1. The summed E-state index contributed by atoms with van der Waals surface area (Å²) in [4.78, 5) is 26.0. The van der Waals surface area contributed by atoms with Gasteiger partial charge >= 0.3 is 0 Å². The molecular weight excluding hydrogens is 302 g/mol. The molecule has 0 spiro atoms. The van der Waals surface area contributed by atoms with Gasteiger partial charge in [0.25, 0.3) is 11.8 Å². The van der Waals surface area contributed by atoms with Crippen LogP contribution in [-0.4, -0.2) is 53.5 Å². The molecule has 0 fully saturated rings. The summed E-state index contributed by atoms with van der Waals surface area (Å²) in [6, 6.07) is 0. The Morgan fingerprint density at radius 2 is 2.00 bits per heavy atom. The highest BCUT2D eigenvalue weighted by atomic mass is 19.1. The molecule has 0 saturated heterocycles. The number of halogens is 2. The lowest BCUT2D eigenvalue weighted by molar-refractivity contribution is -0.140. The first-order valence-electron chi connectivity index (χ1n) is 7.15. The van der Waals surface area contributed by atoms with Gasteiger partial charge in [0.1, 0.15) is 0 Å². The molecule has 124 valence electrons. The van der Waals surface area contributed by atoms with Crippen LogP contribution in [0.2, 0.25) is 0 Å². The quantitative estimate of drug-likeness (QED) is 0.325. The van der Waals surface area contributed by atoms with Crippen LogP contribution in [0.15, 0.2) is 36.2 Å². The molecule has 1 rings (SSSR count). The van der Waals surface area contributed by atoms with Crippen molar-refractivity contribution >= 4 is 11.8 Å². The number of carbonyl (C=O) groups is 2. The predicted octanol–water partition coefficient (Wildman–Crippen LogP) is 2.00. The largest absolute Gasteiger partial charge is 0.329 e. The fraction of sp³-hybridized carbons (Fsp3) is 0.412. The molecule has 1 aliphatic heterocycles. The van der Waals surface area contributed by atoms with Gasteiger partial charge in [0, 0.05) is 19.6 Å². The fourth-order valence-corrected chi connectivity index (χ4v) is 1.91. The Balaban J connectivity index is 2.61. The number of alkyl halides is 1. The number of allylic oxidation sites excluding steroid dienone is 2. The van der Waals surface area contributed by atoms with Crippen LogP contribution in [0.3, 0.4) is 0 Å². The molecule has 0 N–H and O–H groups in total. The molecule has 0 radical (unpaired) electrons. The molecule has 0 bridgehead atoms. The normalized spacial score (nSPS) is 15.1. The summed E-state index contributed by atoms with van der Waals surface area (Å²) in [6.07, 6.45) is 12.5. The van der Waals surface area contributed by atoms with Gasteiger partial charge in [-0.25, -0.2) is 8.78 Å². The molecule has 0 aromatic heterocycles. The average molecular weight is 322 g/mol. The van der Waals surface area contributed by atoms with Crippen LogP contribution in [0.5, 0.6) is 0 Å². The van der Waals surface area contributed by atoms with Crippen molar-refractivity contribution < 1.29 is 18.4 Å². The average Bonchev–Trinajstić information content (AvgIpc) is 3.01. The van der Waals surface area contributed by atoms with Crippen molar-refractivity contribution in [2.24, 2.45) is 0 Å². The molecule has 0 aromatic carbocycles. The molecule has 2 amide bonds. The number of hydrogen-bond acceptors (Lipinski definition) is 2. The Labute approximate surface area is 135 Å². The Morgan fingerprint density at radius 1 is 1.39 bits per heavy atom. The number of amides is 2. The number of nitrogens with zero attached hydrogens (tertiary/aromatic N) is 2. The van der Waals surface area contributed by atoms with E-state index in [1.807, 2.05) is 0 Å². The predicted molar refractivity (Wildman–Crippen MR) is 84.7 cm³/mol. The van der Waals surface area contributed by atoms with Crippen LogP contribution >= 0.6 is 0 Å². The Hall–Kier alpha value is -2.42. The topological polar surface area (TPSA) is 40.6 Å². The van der Waals surface area contributed by atoms with Crippen molar-refractivity contribution in [2.75, 3.05) is 26.2 Å². The minimum Gasteiger partial charge on any atom is -0.329 e. The summed E-state index contributed by atoms with van der Waals surface area (Å²) in [5.41, 5.74) is -2.04. The Bertz CT molecular complexity index is 572. The van der Waals surface area contributed by atoms with Crippen LogP contribution < -0.4 is 0 Å². The third-order valence-corrected chi connectivity index (χ3v) is 3.09. The molecule has 23 heavy (non-hydrogen) atoms. The number of hydrogen-bond donors (Lipinski definition) is 0. The van der Waals surface area contributed by atoms with Gasteiger partial charge in [0.05, 0.1) is 6.54 Å². The maximum atomic E-state index is 13.7. The highest BCUT2D eigenvalue weighted by molar-refractivity contribution is 5.92. The van der Waals surface area contributed by atoms with E-state index in [4.69, 9.17) is 6.42 Å². The van der Waals surface area contributed by atoms with Crippen molar-refractivity contribution in [2.45, 2.75) is 19.5 Å². The zero-order valence-electron chi connectivity index (χ0n) is 13.3. The lowest BCUT2D eigenvalue weighted by atomic mass is 10.1. The van der Waals surface area contributed by atoms with E-state index >= 15 is 0 Å². The number of rotatable bonds is 6. The molecule has 0 aliphatic carbocycles. The second-order valence-electron chi connectivity index (χ2n) is 5.49. The van der Waals surface area contributed by atoms with Crippen LogP contribution in [0.4, 0.5) is 8.78 Å². The van der Waals surface area contributed by atoms with Crippen molar-refractivity contribution in [3.05, 3.63) is 36.2 Å². The minimum atomic E-state index is -2.04. The summed E-state index contributed by atoms with van der Waals surface area (Å²) in [5, 5.41) is 0. The molecule has 1 heterocycles. The fourth-order valence-electron chi connectivity index (χ4n) is 1.91. The van der Waals surface area contributed by atoms with E-state index in [0.29, 0.717) is 13.1 Å². The second kappa shape index (κ2) is 8.28. The van der Waals surface area contributed by atoms with Gasteiger partial charge in [0.15, 0.2) is 11.5 Å². The molecule has 4 nitrogen and oxygen atoms in total. The third kappa shape index (κ3) is 5.70. The van der Waals surface area contributed by atoms with Crippen molar-refractivity contribution in [3.8, 4) is 12.3 Å². The standard InChI is InChI=1S/C17H20F2N2O2/c1-4-10-21(16(23)17(2,3)19)13-6-5-9-14(18)15(22)20-11-7-8-12-20/h1,5-9H,10-13H2,2-3H3/b6-5+,14-9-. The van der Waals surface area contributed by atoms with Gasteiger partial charge in [0.2, 0.25) is 0 Å². The molecule has 0 atom stereocenters. The third-order valence-electron chi connectivity index (χ3n) is 3.09. The molecule has 6 heteroatoms. The SMILES string of the molecule is C#CCN(C/C=C/C=C(\F)C(=O)N1CC=CC1)C(=O)C(C)(C)F. The lowest BCUT2D eigenvalue weighted by Gasteiger charge is -2.24. The first-order valence-corrected chi connectivity index (χ1v) is 7.15. The van der Waals surface area contributed by atoms with Crippen molar-refractivity contribution in [3.63, 3.8) is 0 Å². The molecular formula is C17H20F2N2O2. The van der Waals surface area contributed by atoms with Gasteiger partial charge in [-0.1, -0.05) is 30.2 Å². The number of carbonyl (C=O) groups excluding carboxylic acids is 2. The monoisotopic (exact) mass is 322 g/mol. The van der Waals surface area contributed by atoms with Crippen LogP contribution in [-0.2, 0) is 9.59 Å². The summed E-state index contributed by atoms with van der Waals surface area (Å²) >= 11 is 0. The van der Waals surface area contributed by atoms with Crippen molar-refractivity contribution in [1.29, 1.82) is 0 Å². The Morgan fingerprint density at radius 3 is 2.52 bits per heavy atom. The lowest BCUT2D eigenvalue weighted by Crippen LogP contribution is -2.42. The van der Waals surface area contributed by atoms with Crippen LogP contribution in [0.1, 0.15) is 13.8 Å². The van der Waals surface area contributed by atoms with Crippen LogP contribution in [0, 0.1) is 12.3 Å². The molecule has 0 saturated carbocycles. The van der Waals surface area contributed by atoms with Gasteiger partial charge in [-0.2, -0.15) is 0 Å². The van der Waals surface area contributed by atoms with Gasteiger partial charge < -0.3 is 9.80 Å². The summed E-state index contributed by atoms with van der Waals surface area (Å²) in [6.45, 7) is 3.04. The van der Waals surface area contributed by atoms with E-state index in [1.54, 1.807) is 12.2 Å². The minimum absolute atomic E-state index is 0.0274. The first-order chi connectivity index (χ1) is 10.8. The van der Waals surface area contributed by atoms with Crippen molar-refractivity contribution in [1.82, 2.24) is 9.80 Å². The van der Waals surface area contributed by atoms with E-state index in [-0.39, 0.29) is 13.1 Å². The van der Waals surface area contributed by atoms with E-state index in [2.05, 4.69) is 5.92 Å². The second-order valence-corrected chi connectivity index (χ2v) is 5.49. The summed E-state index contributed by atoms with van der Waals surface area (Å²) < 4.78 is 27.3. The molecule has 0 unspecified atom stereocenters. The Kier molecular flexibility index (Phi) is 6.70. The van der Waals surface area contributed by atoms with Gasteiger partial charge in [-0.05, 0) is 19.9 Å². The molecule has 1 aliphatic rings. The van der Waals surface area contributed by atoms with Gasteiger partial charge in [-0.15, -0.1) is 6.42 Å². The van der Waals surface area contributed by atoms with E-state index in [0.717, 1.165) is 24.8 Å². The van der Waals surface area contributed by atoms with E-state index in [1.165, 1.54) is 17.1 Å². The smallest absolute Gasteiger partial charge is 0.283 e. The zero-order valence-corrected chi connectivity index (χ0v) is 13.3. The highest BCUT2D eigenvalue weighted by Gasteiger charge is 2.30. The van der Waals surface area contributed by atoms with E-state index in [9.17, 15) is 18.4 Å². The maximum absolute atomic E-state index is 13.7. The summed E-state index contributed by atoms with van der Waals surface area (Å²) in [5.74, 6) is -0.0644. The molecule has 0 aromatic rings. The maximum Gasteiger partial charge on any atom is 0.283 e. The first kappa shape index (κ1) is 18.6. The highest BCUT2D eigenvalue weighted by Crippen LogP contribution is 2.13. The van der Waals surface area contributed by atoms with E-state index < -0.39 is 23.3 Å². The summed E-state index contributed by atoms with van der Waals surface area (Å²) in [7, 11) is 0. The zero-order chi connectivity index (χ0) is 17.5.